The Bertz CT molecular complexity index is 1210. The molecule has 4 rings (SSSR count). The number of hydrogen-bond acceptors (Lipinski definition) is 7. The van der Waals surface area contributed by atoms with Crippen molar-refractivity contribution in [2.75, 3.05) is 36.5 Å². The molecule has 0 aromatic heterocycles. The van der Waals surface area contributed by atoms with Crippen LogP contribution in [0.4, 0.5) is 11.4 Å². The molecule has 2 aliphatic rings. The molecule has 12 heteroatoms. The van der Waals surface area contributed by atoms with Gasteiger partial charge in [-0.3, -0.25) is 15.0 Å². The molecule has 2 fully saturated rings. The smallest absolute Gasteiger partial charge is 0.259 e. The molecule has 0 unspecified atom stereocenters. The monoisotopic (exact) mass is 501 g/mol. The number of nitrogens with zero attached hydrogens (tertiary/aromatic N) is 2. The van der Waals surface area contributed by atoms with E-state index in [-0.39, 0.29) is 23.9 Å². The van der Waals surface area contributed by atoms with Crippen molar-refractivity contribution >= 4 is 39.0 Å². The molecule has 0 aliphatic carbocycles. The van der Waals surface area contributed by atoms with Gasteiger partial charge in [0.2, 0.25) is 10.0 Å². The number of aliphatic hydroxyl groups is 1. The highest BCUT2D eigenvalue weighted by Gasteiger charge is 2.39. The summed E-state index contributed by atoms with van der Waals surface area (Å²) in [5.41, 5.74) is 6.68. The lowest BCUT2D eigenvalue weighted by Crippen LogP contribution is -2.55. The number of carbonyl (C=O) groups excluding carboxylic acids is 2. The maximum absolute atomic E-state index is 13.0. The summed E-state index contributed by atoms with van der Waals surface area (Å²) in [7, 11) is -3.58. The van der Waals surface area contributed by atoms with Crippen molar-refractivity contribution in [3.63, 3.8) is 0 Å². The summed E-state index contributed by atoms with van der Waals surface area (Å²) in [4.78, 5) is 27.1. The summed E-state index contributed by atoms with van der Waals surface area (Å²) in [6, 6.07) is 12.1. The van der Waals surface area contributed by atoms with E-state index in [0.29, 0.717) is 30.0 Å². The number of ether oxygens (including phenoxy) is 1. The van der Waals surface area contributed by atoms with Crippen LogP contribution in [0.3, 0.4) is 0 Å². The van der Waals surface area contributed by atoms with Gasteiger partial charge in [0.1, 0.15) is 5.84 Å². The van der Waals surface area contributed by atoms with Crippen molar-refractivity contribution in [1.29, 1.82) is 5.41 Å². The number of anilines is 2. The molecule has 35 heavy (non-hydrogen) atoms. The third-order valence-corrected chi connectivity index (χ3v) is 7.90. The molecule has 2 aromatic carbocycles. The molecule has 0 radical (unpaired) electrons. The summed E-state index contributed by atoms with van der Waals surface area (Å²) in [6.45, 7) is 1.26. The van der Waals surface area contributed by atoms with E-state index in [2.05, 4.69) is 5.32 Å². The number of rotatable bonds is 7. The zero-order valence-corrected chi connectivity index (χ0v) is 19.7. The first-order chi connectivity index (χ1) is 16.7. The third kappa shape index (κ3) is 5.20. The molecule has 2 aromatic rings. The van der Waals surface area contributed by atoms with E-state index in [0.717, 1.165) is 12.8 Å². The van der Waals surface area contributed by atoms with Crippen LogP contribution in [0.15, 0.2) is 53.4 Å². The zero-order valence-electron chi connectivity index (χ0n) is 18.9. The van der Waals surface area contributed by atoms with Crippen LogP contribution in [0.2, 0.25) is 0 Å². The van der Waals surface area contributed by atoms with Crippen LogP contribution >= 0.6 is 0 Å². The molecule has 0 saturated carbocycles. The standard InChI is InChI=1S/C23H27N5O6S/c24-21(25)15-3-5-16(6-4-15)26-22(30)19(29)20-23(31)28(13-14-34-20)17-7-9-18(10-8-17)35(32,33)27-11-1-2-12-27/h3-10,19-20,29H,1-2,11-14H2,(H3,24,25)(H,26,30)/t19-,20-/m1/s1. The van der Waals surface area contributed by atoms with Crippen LogP contribution in [0.1, 0.15) is 18.4 Å². The summed E-state index contributed by atoms with van der Waals surface area (Å²) >= 11 is 0. The van der Waals surface area contributed by atoms with Gasteiger partial charge in [0, 0.05) is 36.6 Å². The third-order valence-electron chi connectivity index (χ3n) is 5.99. The number of carbonyl (C=O) groups is 2. The number of amidine groups is 1. The van der Waals surface area contributed by atoms with Gasteiger partial charge in [0.05, 0.1) is 11.5 Å². The van der Waals surface area contributed by atoms with Crippen LogP contribution in [0.5, 0.6) is 0 Å². The SMILES string of the molecule is N=C(N)c1ccc(NC(=O)[C@H](O)[C@H]2OCCN(c3ccc(S(=O)(=O)N4CCCC4)cc3)C2=O)cc1. The molecule has 2 saturated heterocycles. The Morgan fingerprint density at radius 3 is 2.31 bits per heavy atom. The number of amides is 2. The topological polar surface area (TPSA) is 166 Å². The van der Waals surface area contributed by atoms with Gasteiger partial charge in [-0.25, -0.2) is 8.42 Å². The van der Waals surface area contributed by atoms with Crippen molar-refractivity contribution in [3.05, 3.63) is 54.1 Å². The summed E-state index contributed by atoms with van der Waals surface area (Å²) < 4.78 is 32.3. The Hall–Kier alpha value is -3.32. The summed E-state index contributed by atoms with van der Waals surface area (Å²) in [6.07, 6.45) is -1.53. The van der Waals surface area contributed by atoms with E-state index in [9.17, 15) is 23.1 Å². The van der Waals surface area contributed by atoms with Gasteiger partial charge in [-0.05, 0) is 61.4 Å². The number of hydrogen-bond donors (Lipinski definition) is 4. The van der Waals surface area contributed by atoms with Gasteiger partial charge >= 0.3 is 0 Å². The number of sulfonamides is 1. The second-order valence-corrected chi connectivity index (χ2v) is 10.2. The molecule has 2 amide bonds. The molecule has 2 atom stereocenters. The molecule has 5 N–H and O–H groups in total. The molecular formula is C23H27N5O6S. The molecule has 2 heterocycles. The maximum Gasteiger partial charge on any atom is 0.259 e. The Balaban J connectivity index is 1.43. The Kier molecular flexibility index (Phi) is 7.17. The molecular weight excluding hydrogens is 474 g/mol. The largest absolute Gasteiger partial charge is 0.384 e. The Morgan fingerprint density at radius 2 is 1.71 bits per heavy atom. The second kappa shape index (κ2) is 10.1. The van der Waals surface area contributed by atoms with Crippen molar-refractivity contribution in [2.45, 2.75) is 29.9 Å². The highest BCUT2D eigenvalue weighted by molar-refractivity contribution is 7.89. The predicted molar refractivity (Wildman–Crippen MR) is 129 cm³/mol. The van der Waals surface area contributed by atoms with E-state index in [1.54, 1.807) is 12.1 Å². The predicted octanol–water partition coefficient (Wildman–Crippen LogP) is 0.487. The molecule has 186 valence electrons. The first kappa shape index (κ1) is 24.8. The lowest BCUT2D eigenvalue weighted by atomic mass is 10.1. The minimum absolute atomic E-state index is 0.0852. The van der Waals surface area contributed by atoms with Crippen molar-refractivity contribution < 1.29 is 27.9 Å². The second-order valence-electron chi connectivity index (χ2n) is 8.31. The minimum Gasteiger partial charge on any atom is -0.384 e. The van der Waals surface area contributed by atoms with Crippen LogP contribution in [0.25, 0.3) is 0 Å². The van der Waals surface area contributed by atoms with E-state index in [1.807, 2.05) is 0 Å². The molecule has 0 bridgehead atoms. The van der Waals surface area contributed by atoms with Gasteiger partial charge in [-0.2, -0.15) is 4.31 Å². The first-order valence-corrected chi connectivity index (χ1v) is 12.6. The van der Waals surface area contributed by atoms with Crippen molar-refractivity contribution in [2.24, 2.45) is 5.73 Å². The van der Waals surface area contributed by atoms with Crippen molar-refractivity contribution in [1.82, 2.24) is 4.31 Å². The van der Waals surface area contributed by atoms with Crippen LogP contribution in [0, 0.1) is 5.41 Å². The average molecular weight is 502 g/mol. The van der Waals surface area contributed by atoms with Crippen molar-refractivity contribution in [3.8, 4) is 0 Å². The highest BCUT2D eigenvalue weighted by atomic mass is 32.2. The van der Waals surface area contributed by atoms with Gasteiger partial charge < -0.3 is 25.8 Å². The van der Waals surface area contributed by atoms with Gasteiger partial charge in [0.25, 0.3) is 11.8 Å². The fraction of sp³-hybridized carbons (Fsp3) is 0.348. The summed E-state index contributed by atoms with van der Waals surface area (Å²) in [5.74, 6) is -1.56. The lowest BCUT2D eigenvalue weighted by Gasteiger charge is -2.34. The normalized spacial score (nSPS) is 20.0. The molecule has 11 nitrogen and oxygen atoms in total. The van der Waals surface area contributed by atoms with E-state index >= 15 is 0 Å². The number of nitrogen functional groups attached to an aromatic ring is 1. The number of benzene rings is 2. The van der Waals surface area contributed by atoms with Gasteiger partial charge in [-0.15, -0.1) is 0 Å². The molecule has 2 aliphatic heterocycles. The number of aliphatic hydroxyl groups excluding tert-OH is 1. The zero-order chi connectivity index (χ0) is 25.2. The fourth-order valence-corrected chi connectivity index (χ4v) is 5.57. The van der Waals surface area contributed by atoms with Crippen LogP contribution in [-0.2, 0) is 24.3 Å². The molecule has 0 spiro atoms. The quantitative estimate of drug-likeness (QED) is 0.316. The van der Waals surface area contributed by atoms with E-state index in [4.69, 9.17) is 15.9 Å². The highest BCUT2D eigenvalue weighted by Crippen LogP contribution is 2.26. The van der Waals surface area contributed by atoms with Gasteiger partial charge in [-0.1, -0.05) is 0 Å². The lowest BCUT2D eigenvalue weighted by molar-refractivity contribution is -0.150. The number of nitrogens with two attached hydrogens (primary N) is 1. The van der Waals surface area contributed by atoms with Gasteiger partial charge in [0.15, 0.2) is 12.2 Å². The Labute approximate surface area is 203 Å². The van der Waals surface area contributed by atoms with E-state index in [1.165, 1.54) is 45.6 Å². The minimum atomic E-state index is -3.58. The maximum atomic E-state index is 13.0. The summed E-state index contributed by atoms with van der Waals surface area (Å²) in [5, 5.41) is 20.4. The van der Waals surface area contributed by atoms with E-state index < -0.39 is 34.0 Å². The average Bonchev–Trinajstić information content (AvgIpc) is 3.40. The van der Waals surface area contributed by atoms with Crippen LogP contribution in [-0.4, -0.2) is 73.9 Å². The van der Waals surface area contributed by atoms with Crippen LogP contribution < -0.4 is 16.0 Å². The number of nitrogens with one attached hydrogen (secondary N) is 2. The first-order valence-electron chi connectivity index (χ1n) is 11.1. The number of morpholine rings is 1. The Morgan fingerprint density at radius 1 is 1.09 bits per heavy atom. The fourth-order valence-electron chi connectivity index (χ4n) is 4.05.